The fourth-order valence-corrected chi connectivity index (χ4v) is 3.09. The van der Waals surface area contributed by atoms with Crippen molar-refractivity contribution < 1.29 is 14.3 Å². The summed E-state index contributed by atoms with van der Waals surface area (Å²) >= 11 is 0. The summed E-state index contributed by atoms with van der Waals surface area (Å²) < 4.78 is 12.9. The Morgan fingerprint density at radius 3 is 2.61 bits per heavy atom. The van der Waals surface area contributed by atoms with Gasteiger partial charge < -0.3 is 14.8 Å². The number of ether oxygens (including phenoxy) is 2. The molecule has 8 nitrogen and oxygen atoms in total. The van der Waals surface area contributed by atoms with Gasteiger partial charge in [-0.2, -0.15) is 4.52 Å². The fraction of sp³-hybridized carbons (Fsp3) is 0.217. The molecule has 158 valence electrons. The minimum absolute atomic E-state index is 0.0393. The summed E-state index contributed by atoms with van der Waals surface area (Å²) in [6.07, 6.45) is 0.849. The van der Waals surface area contributed by atoms with Crippen LogP contribution in [-0.4, -0.2) is 45.5 Å². The Bertz CT molecular complexity index is 1160. The number of rotatable bonds is 9. The second kappa shape index (κ2) is 9.71. The number of fused-ring (bicyclic) bond motifs is 1. The van der Waals surface area contributed by atoms with Crippen LogP contribution in [0.1, 0.15) is 12.5 Å². The number of nitrogens with zero attached hydrogens (tertiary/aromatic N) is 4. The van der Waals surface area contributed by atoms with Crippen LogP contribution in [0.3, 0.4) is 0 Å². The number of para-hydroxylation sites is 1. The van der Waals surface area contributed by atoms with Gasteiger partial charge in [0.2, 0.25) is 5.88 Å². The standard InChI is InChI=1S/C23H23N5O3/c1-2-17-8-6-7-11-19(17)31-16-21(29)24-14-15-30-22-13-12-20-25-26-23(28(20)27-22)18-9-4-3-5-10-18/h3-13H,2,14-16H2,1H3,(H,24,29). The van der Waals surface area contributed by atoms with Crippen LogP contribution in [0, 0.1) is 0 Å². The summed E-state index contributed by atoms with van der Waals surface area (Å²) in [4.78, 5) is 12.0. The van der Waals surface area contributed by atoms with Crippen molar-refractivity contribution in [2.45, 2.75) is 13.3 Å². The van der Waals surface area contributed by atoms with Crippen LogP contribution in [-0.2, 0) is 11.2 Å². The highest BCUT2D eigenvalue weighted by Gasteiger charge is 2.10. The first-order valence-corrected chi connectivity index (χ1v) is 10.1. The van der Waals surface area contributed by atoms with E-state index in [-0.39, 0.29) is 19.1 Å². The summed E-state index contributed by atoms with van der Waals surface area (Å²) in [5.41, 5.74) is 2.62. The Morgan fingerprint density at radius 1 is 0.968 bits per heavy atom. The summed E-state index contributed by atoms with van der Waals surface area (Å²) in [5, 5.41) is 15.6. The van der Waals surface area contributed by atoms with Crippen molar-refractivity contribution in [3.05, 3.63) is 72.3 Å². The number of aryl methyl sites for hydroxylation is 1. The number of aromatic nitrogens is 4. The minimum atomic E-state index is -0.205. The third-order valence-corrected chi connectivity index (χ3v) is 4.66. The SMILES string of the molecule is CCc1ccccc1OCC(=O)NCCOc1ccc2nnc(-c3ccccc3)n2n1. The average Bonchev–Trinajstić information content (AvgIpc) is 3.24. The van der Waals surface area contributed by atoms with E-state index in [1.807, 2.05) is 61.5 Å². The molecule has 4 aromatic rings. The molecule has 2 aromatic heterocycles. The molecule has 0 unspecified atom stereocenters. The van der Waals surface area contributed by atoms with E-state index in [1.54, 1.807) is 16.6 Å². The molecule has 4 rings (SSSR count). The highest BCUT2D eigenvalue weighted by Crippen LogP contribution is 2.19. The zero-order chi connectivity index (χ0) is 21.5. The van der Waals surface area contributed by atoms with E-state index in [0.717, 1.165) is 23.3 Å². The van der Waals surface area contributed by atoms with Gasteiger partial charge in [-0.25, -0.2) is 0 Å². The molecule has 0 aliphatic carbocycles. The normalized spacial score (nSPS) is 10.7. The molecule has 8 heteroatoms. The lowest BCUT2D eigenvalue weighted by molar-refractivity contribution is -0.123. The van der Waals surface area contributed by atoms with Crippen LogP contribution < -0.4 is 14.8 Å². The molecule has 2 aromatic carbocycles. The van der Waals surface area contributed by atoms with Crippen LogP contribution in [0.15, 0.2) is 66.7 Å². The third-order valence-electron chi connectivity index (χ3n) is 4.66. The number of benzene rings is 2. The van der Waals surface area contributed by atoms with Crippen molar-refractivity contribution in [1.29, 1.82) is 0 Å². The summed E-state index contributed by atoms with van der Waals surface area (Å²) in [6.45, 7) is 2.62. The van der Waals surface area contributed by atoms with Gasteiger partial charge in [0.15, 0.2) is 18.1 Å². The van der Waals surface area contributed by atoms with Crippen molar-refractivity contribution in [1.82, 2.24) is 25.1 Å². The number of carbonyl (C=O) groups is 1. The van der Waals surface area contributed by atoms with Crippen molar-refractivity contribution in [3.63, 3.8) is 0 Å². The van der Waals surface area contributed by atoms with Gasteiger partial charge >= 0.3 is 0 Å². The minimum Gasteiger partial charge on any atom is -0.483 e. The zero-order valence-electron chi connectivity index (χ0n) is 17.2. The smallest absolute Gasteiger partial charge is 0.258 e. The molecule has 0 fully saturated rings. The Morgan fingerprint density at radius 2 is 1.77 bits per heavy atom. The van der Waals surface area contributed by atoms with Gasteiger partial charge in [0.1, 0.15) is 12.4 Å². The monoisotopic (exact) mass is 417 g/mol. The molecule has 2 heterocycles. The molecule has 0 radical (unpaired) electrons. The van der Waals surface area contributed by atoms with Gasteiger partial charge in [-0.3, -0.25) is 4.79 Å². The molecule has 0 aliphatic heterocycles. The van der Waals surface area contributed by atoms with Crippen LogP contribution in [0.2, 0.25) is 0 Å². The second-order valence-electron chi connectivity index (χ2n) is 6.78. The molecule has 0 atom stereocenters. The molecule has 0 spiro atoms. The lowest BCUT2D eigenvalue weighted by Crippen LogP contribution is -2.32. The molecule has 0 aliphatic rings. The van der Waals surface area contributed by atoms with Gasteiger partial charge in [-0.15, -0.1) is 15.3 Å². The van der Waals surface area contributed by atoms with Crippen molar-refractivity contribution in [2.75, 3.05) is 19.8 Å². The van der Waals surface area contributed by atoms with E-state index in [4.69, 9.17) is 9.47 Å². The summed E-state index contributed by atoms with van der Waals surface area (Å²) in [6, 6.07) is 20.9. The Hall–Kier alpha value is -3.94. The molecular formula is C23H23N5O3. The third kappa shape index (κ3) is 4.98. The lowest BCUT2D eigenvalue weighted by atomic mass is 10.1. The molecule has 31 heavy (non-hydrogen) atoms. The van der Waals surface area contributed by atoms with Gasteiger partial charge in [-0.1, -0.05) is 55.5 Å². The molecule has 1 amide bonds. The number of amides is 1. The highest BCUT2D eigenvalue weighted by atomic mass is 16.5. The quantitative estimate of drug-likeness (QED) is 0.421. The van der Waals surface area contributed by atoms with Crippen molar-refractivity contribution in [2.24, 2.45) is 0 Å². The highest BCUT2D eigenvalue weighted by molar-refractivity contribution is 5.77. The first-order chi connectivity index (χ1) is 15.2. The topological polar surface area (TPSA) is 90.6 Å². The zero-order valence-corrected chi connectivity index (χ0v) is 17.2. The second-order valence-corrected chi connectivity index (χ2v) is 6.78. The van der Waals surface area contributed by atoms with E-state index in [9.17, 15) is 4.79 Å². The van der Waals surface area contributed by atoms with E-state index in [1.165, 1.54) is 0 Å². The first-order valence-electron chi connectivity index (χ1n) is 10.1. The van der Waals surface area contributed by atoms with Crippen molar-refractivity contribution >= 4 is 11.6 Å². The largest absolute Gasteiger partial charge is 0.483 e. The van der Waals surface area contributed by atoms with E-state index in [0.29, 0.717) is 23.9 Å². The van der Waals surface area contributed by atoms with E-state index < -0.39 is 0 Å². The van der Waals surface area contributed by atoms with Crippen LogP contribution in [0.25, 0.3) is 17.0 Å². The predicted molar refractivity (Wildman–Crippen MR) is 116 cm³/mol. The van der Waals surface area contributed by atoms with Gasteiger partial charge in [0, 0.05) is 11.6 Å². The summed E-state index contributed by atoms with van der Waals surface area (Å²) in [7, 11) is 0. The van der Waals surface area contributed by atoms with Crippen LogP contribution in [0.4, 0.5) is 0 Å². The van der Waals surface area contributed by atoms with Crippen LogP contribution in [0.5, 0.6) is 11.6 Å². The molecule has 0 bridgehead atoms. The molecule has 1 N–H and O–H groups in total. The van der Waals surface area contributed by atoms with Crippen LogP contribution >= 0.6 is 0 Å². The summed E-state index contributed by atoms with van der Waals surface area (Å²) in [5.74, 6) is 1.59. The van der Waals surface area contributed by atoms with Gasteiger partial charge in [0.05, 0.1) is 6.54 Å². The maximum Gasteiger partial charge on any atom is 0.258 e. The Kier molecular flexibility index (Phi) is 6.37. The fourth-order valence-electron chi connectivity index (χ4n) is 3.09. The maximum atomic E-state index is 12.0. The number of hydrogen-bond donors (Lipinski definition) is 1. The number of carbonyl (C=O) groups excluding carboxylic acids is 1. The first kappa shape index (κ1) is 20.3. The Balaban J connectivity index is 1.28. The number of hydrogen-bond acceptors (Lipinski definition) is 6. The van der Waals surface area contributed by atoms with Crippen molar-refractivity contribution in [3.8, 4) is 23.0 Å². The average molecular weight is 417 g/mol. The molecule has 0 saturated carbocycles. The number of nitrogens with one attached hydrogen (secondary N) is 1. The maximum absolute atomic E-state index is 12.0. The Labute approximate surface area is 179 Å². The predicted octanol–water partition coefficient (Wildman–Crippen LogP) is 2.93. The van der Waals surface area contributed by atoms with E-state index >= 15 is 0 Å². The van der Waals surface area contributed by atoms with Gasteiger partial charge in [0.25, 0.3) is 5.91 Å². The molecular weight excluding hydrogens is 394 g/mol. The lowest BCUT2D eigenvalue weighted by Gasteiger charge is -2.11. The van der Waals surface area contributed by atoms with Gasteiger partial charge in [-0.05, 0) is 24.1 Å². The van der Waals surface area contributed by atoms with E-state index in [2.05, 4.69) is 20.6 Å². The molecule has 0 saturated heterocycles.